The minimum atomic E-state index is -0.801. The molecule has 13 heavy (non-hydrogen) atoms. The average molecular weight is 176 g/mol. The van der Waals surface area contributed by atoms with Gasteiger partial charge in [-0.25, -0.2) is 0 Å². The Morgan fingerprint density at radius 2 is 2.15 bits per heavy atom. The second-order valence-corrected chi connectivity index (χ2v) is 2.86. The van der Waals surface area contributed by atoms with Gasteiger partial charge >= 0.3 is 5.97 Å². The Morgan fingerprint density at radius 3 is 2.77 bits per heavy atom. The lowest BCUT2D eigenvalue weighted by Gasteiger charge is -1.97. The quantitative estimate of drug-likeness (QED) is 0.768. The van der Waals surface area contributed by atoms with Crippen LogP contribution in [0.15, 0.2) is 30.3 Å². The van der Waals surface area contributed by atoms with E-state index in [2.05, 4.69) is 0 Å². The maximum Gasteiger partial charge on any atom is 0.307 e. The molecule has 2 nitrogen and oxygen atoms in total. The first-order chi connectivity index (χ1) is 6.20. The van der Waals surface area contributed by atoms with Crippen LogP contribution in [0.5, 0.6) is 0 Å². The normalized spacial score (nSPS) is 10.5. The smallest absolute Gasteiger partial charge is 0.307 e. The molecule has 2 heteroatoms. The standard InChI is InChI=1S/C11H12O2/c1-9-5-2-3-6-10(9)7-4-8-11(12)13/h2-7H,8H2,1H3,(H,12,13). The predicted octanol–water partition coefficient (Wildman–Crippen LogP) is 2.48. The number of carboxylic acid groups (broad SMARTS) is 1. The number of carbonyl (C=O) groups is 1. The number of benzene rings is 1. The molecule has 0 spiro atoms. The van der Waals surface area contributed by atoms with Crippen molar-refractivity contribution in [3.05, 3.63) is 41.5 Å². The Hall–Kier alpha value is -1.57. The van der Waals surface area contributed by atoms with Crippen molar-refractivity contribution in [3.8, 4) is 0 Å². The van der Waals surface area contributed by atoms with Gasteiger partial charge in [-0.3, -0.25) is 4.79 Å². The van der Waals surface area contributed by atoms with E-state index < -0.39 is 5.97 Å². The summed E-state index contributed by atoms with van der Waals surface area (Å²) in [6.07, 6.45) is 3.57. The Bertz CT molecular complexity index is 327. The van der Waals surface area contributed by atoms with Crippen LogP contribution in [0.2, 0.25) is 0 Å². The zero-order valence-corrected chi connectivity index (χ0v) is 7.53. The summed E-state index contributed by atoms with van der Waals surface area (Å²) in [6.45, 7) is 2.00. The van der Waals surface area contributed by atoms with Gasteiger partial charge in [0.25, 0.3) is 0 Å². The summed E-state index contributed by atoms with van der Waals surface area (Å²) in [5, 5.41) is 8.41. The van der Waals surface area contributed by atoms with Gasteiger partial charge in [0.2, 0.25) is 0 Å². The molecule has 0 saturated heterocycles. The molecule has 0 fully saturated rings. The van der Waals surface area contributed by atoms with Gasteiger partial charge in [0.05, 0.1) is 6.42 Å². The third kappa shape index (κ3) is 3.11. The monoisotopic (exact) mass is 176 g/mol. The highest BCUT2D eigenvalue weighted by Crippen LogP contribution is 2.08. The molecule has 0 bridgehead atoms. The van der Waals surface area contributed by atoms with Crippen molar-refractivity contribution in [2.75, 3.05) is 0 Å². The van der Waals surface area contributed by atoms with Crippen molar-refractivity contribution in [1.29, 1.82) is 0 Å². The van der Waals surface area contributed by atoms with Crippen molar-refractivity contribution in [2.45, 2.75) is 13.3 Å². The maximum atomic E-state index is 10.2. The number of hydrogen-bond donors (Lipinski definition) is 1. The van der Waals surface area contributed by atoms with Crippen molar-refractivity contribution in [2.24, 2.45) is 0 Å². The van der Waals surface area contributed by atoms with Crippen molar-refractivity contribution in [1.82, 2.24) is 0 Å². The average Bonchev–Trinajstić information content (AvgIpc) is 2.08. The van der Waals surface area contributed by atoms with Crippen LogP contribution in [0.25, 0.3) is 6.08 Å². The van der Waals surface area contributed by atoms with E-state index in [9.17, 15) is 4.79 Å². The van der Waals surface area contributed by atoms with E-state index in [-0.39, 0.29) is 6.42 Å². The summed E-state index contributed by atoms with van der Waals surface area (Å²) in [5.74, 6) is -0.801. The summed E-state index contributed by atoms with van der Waals surface area (Å²) in [5.41, 5.74) is 2.23. The molecule has 0 unspecified atom stereocenters. The van der Waals surface area contributed by atoms with Gasteiger partial charge in [-0.15, -0.1) is 0 Å². The van der Waals surface area contributed by atoms with Gasteiger partial charge in [-0.1, -0.05) is 36.4 Å². The highest BCUT2D eigenvalue weighted by molar-refractivity contribution is 5.70. The number of carboxylic acids is 1. The maximum absolute atomic E-state index is 10.2. The molecule has 1 aromatic rings. The first-order valence-corrected chi connectivity index (χ1v) is 4.14. The van der Waals surface area contributed by atoms with Gasteiger partial charge in [0.15, 0.2) is 0 Å². The van der Waals surface area contributed by atoms with Crippen LogP contribution in [0.4, 0.5) is 0 Å². The van der Waals surface area contributed by atoms with Crippen LogP contribution in [0.3, 0.4) is 0 Å². The lowest BCUT2D eigenvalue weighted by Crippen LogP contribution is -1.89. The molecule has 0 aliphatic carbocycles. The molecule has 1 rings (SSSR count). The lowest BCUT2D eigenvalue weighted by molar-refractivity contribution is -0.135. The SMILES string of the molecule is Cc1ccccc1C=CCC(=O)O. The molecule has 0 heterocycles. The molecular weight excluding hydrogens is 164 g/mol. The second-order valence-electron chi connectivity index (χ2n) is 2.86. The summed E-state index contributed by atoms with van der Waals surface area (Å²) >= 11 is 0. The highest BCUT2D eigenvalue weighted by atomic mass is 16.4. The minimum absolute atomic E-state index is 0.0777. The zero-order chi connectivity index (χ0) is 9.68. The van der Waals surface area contributed by atoms with E-state index >= 15 is 0 Å². The fourth-order valence-electron chi connectivity index (χ4n) is 1.06. The van der Waals surface area contributed by atoms with Crippen molar-refractivity contribution < 1.29 is 9.90 Å². The number of hydrogen-bond acceptors (Lipinski definition) is 1. The Balaban J connectivity index is 2.68. The van der Waals surface area contributed by atoms with Crippen LogP contribution >= 0.6 is 0 Å². The molecule has 0 aliphatic heterocycles. The van der Waals surface area contributed by atoms with E-state index in [4.69, 9.17) is 5.11 Å². The molecular formula is C11H12O2. The van der Waals surface area contributed by atoms with E-state index in [0.717, 1.165) is 11.1 Å². The Labute approximate surface area is 77.5 Å². The Morgan fingerprint density at radius 1 is 1.46 bits per heavy atom. The first kappa shape index (κ1) is 9.52. The second kappa shape index (κ2) is 4.45. The number of aliphatic carboxylic acids is 1. The largest absolute Gasteiger partial charge is 0.481 e. The first-order valence-electron chi connectivity index (χ1n) is 4.14. The zero-order valence-electron chi connectivity index (χ0n) is 7.53. The van der Waals surface area contributed by atoms with Crippen LogP contribution in [0.1, 0.15) is 17.5 Å². The van der Waals surface area contributed by atoms with E-state index in [1.165, 1.54) is 0 Å². The number of aryl methyl sites for hydroxylation is 1. The van der Waals surface area contributed by atoms with Gasteiger partial charge in [0, 0.05) is 0 Å². The Kier molecular flexibility index (Phi) is 3.26. The molecule has 0 atom stereocenters. The van der Waals surface area contributed by atoms with Gasteiger partial charge in [0.1, 0.15) is 0 Å². The molecule has 0 aliphatic rings. The topological polar surface area (TPSA) is 37.3 Å². The van der Waals surface area contributed by atoms with Gasteiger partial charge in [-0.2, -0.15) is 0 Å². The van der Waals surface area contributed by atoms with E-state index in [1.807, 2.05) is 37.3 Å². The molecule has 1 N–H and O–H groups in total. The van der Waals surface area contributed by atoms with E-state index in [0.29, 0.717) is 0 Å². The molecule has 0 radical (unpaired) electrons. The molecule has 1 aromatic carbocycles. The van der Waals surface area contributed by atoms with Crippen LogP contribution in [-0.2, 0) is 4.79 Å². The minimum Gasteiger partial charge on any atom is -0.481 e. The third-order valence-electron chi connectivity index (χ3n) is 1.78. The van der Waals surface area contributed by atoms with Crippen LogP contribution in [0, 0.1) is 6.92 Å². The summed E-state index contributed by atoms with van der Waals surface area (Å²) in [6, 6.07) is 7.87. The summed E-state index contributed by atoms with van der Waals surface area (Å²) in [7, 11) is 0. The molecule has 0 amide bonds. The summed E-state index contributed by atoms with van der Waals surface area (Å²) in [4.78, 5) is 10.2. The van der Waals surface area contributed by atoms with Crippen LogP contribution in [-0.4, -0.2) is 11.1 Å². The fraction of sp³-hybridized carbons (Fsp3) is 0.182. The summed E-state index contributed by atoms with van der Waals surface area (Å²) < 4.78 is 0. The molecule has 0 saturated carbocycles. The van der Waals surface area contributed by atoms with Crippen LogP contribution < -0.4 is 0 Å². The predicted molar refractivity (Wildman–Crippen MR) is 52.5 cm³/mol. The third-order valence-corrected chi connectivity index (χ3v) is 1.78. The van der Waals surface area contributed by atoms with Crippen molar-refractivity contribution in [3.63, 3.8) is 0 Å². The highest BCUT2D eigenvalue weighted by Gasteiger charge is 1.92. The number of rotatable bonds is 3. The van der Waals surface area contributed by atoms with E-state index in [1.54, 1.807) is 6.08 Å². The molecule has 0 aromatic heterocycles. The lowest BCUT2D eigenvalue weighted by atomic mass is 10.1. The van der Waals surface area contributed by atoms with Gasteiger partial charge < -0.3 is 5.11 Å². The van der Waals surface area contributed by atoms with Crippen molar-refractivity contribution >= 4 is 12.0 Å². The molecule has 68 valence electrons. The van der Waals surface area contributed by atoms with Gasteiger partial charge in [-0.05, 0) is 18.1 Å². The fourth-order valence-corrected chi connectivity index (χ4v) is 1.06.